The van der Waals surface area contributed by atoms with Gasteiger partial charge in [0.05, 0.1) is 12.5 Å². The number of aliphatic carboxylic acids is 1. The minimum Gasteiger partial charge on any atom is -0.481 e. The van der Waals surface area contributed by atoms with Gasteiger partial charge < -0.3 is 15.7 Å². The van der Waals surface area contributed by atoms with Crippen LogP contribution < -0.4 is 5.73 Å². The molecule has 1 fully saturated rings. The van der Waals surface area contributed by atoms with Crippen molar-refractivity contribution in [1.82, 2.24) is 4.90 Å². The molecule has 6 heteroatoms. The number of halogens is 1. The van der Waals surface area contributed by atoms with Gasteiger partial charge in [-0.3, -0.25) is 9.59 Å². The molecule has 1 aromatic carbocycles. The number of carboxylic acid groups (broad SMARTS) is 1. The van der Waals surface area contributed by atoms with Crippen LogP contribution in [-0.2, 0) is 16.1 Å². The van der Waals surface area contributed by atoms with Crippen LogP contribution in [0.2, 0.25) is 0 Å². The third-order valence-corrected chi connectivity index (χ3v) is 3.22. The maximum atomic E-state index is 13.2. The van der Waals surface area contributed by atoms with E-state index in [1.165, 1.54) is 12.1 Å². The number of hydrogen-bond donors (Lipinski definition) is 2. The van der Waals surface area contributed by atoms with Gasteiger partial charge in [-0.15, -0.1) is 0 Å². The van der Waals surface area contributed by atoms with E-state index in [4.69, 9.17) is 10.8 Å². The first-order chi connectivity index (χ1) is 9.47. The van der Waals surface area contributed by atoms with Crippen LogP contribution >= 0.6 is 0 Å². The molecule has 0 radical (unpaired) electrons. The molecular weight excluding hydrogens is 263 g/mol. The zero-order valence-corrected chi connectivity index (χ0v) is 11.0. The first-order valence-electron chi connectivity index (χ1n) is 6.49. The number of carboxylic acids is 1. The van der Waals surface area contributed by atoms with Crippen LogP contribution in [0.5, 0.6) is 0 Å². The lowest BCUT2D eigenvalue weighted by atomic mass is 10.1. The summed E-state index contributed by atoms with van der Waals surface area (Å²) in [4.78, 5) is 24.4. The van der Waals surface area contributed by atoms with Crippen LogP contribution in [-0.4, -0.2) is 34.0 Å². The maximum Gasteiger partial charge on any atom is 0.305 e. The van der Waals surface area contributed by atoms with Crippen LogP contribution in [0.4, 0.5) is 4.39 Å². The predicted molar refractivity (Wildman–Crippen MR) is 70.2 cm³/mol. The summed E-state index contributed by atoms with van der Waals surface area (Å²) in [5.74, 6) is -1.85. The minimum absolute atomic E-state index is 0.0885. The number of benzene rings is 1. The van der Waals surface area contributed by atoms with Gasteiger partial charge >= 0.3 is 5.97 Å². The second-order valence-electron chi connectivity index (χ2n) is 5.03. The van der Waals surface area contributed by atoms with E-state index in [-0.39, 0.29) is 24.3 Å². The zero-order valence-electron chi connectivity index (χ0n) is 11.0. The van der Waals surface area contributed by atoms with Crippen LogP contribution in [0, 0.1) is 5.82 Å². The molecule has 1 atom stereocenters. The van der Waals surface area contributed by atoms with Crippen molar-refractivity contribution in [3.05, 3.63) is 35.6 Å². The molecule has 0 aromatic heterocycles. The topological polar surface area (TPSA) is 83.6 Å². The van der Waals surface area contributed by atoms with Crippen molar-refractivity contribution < 1.29 is 19.1 Å². The summed E-state index contributed by atoms with van der Waals surface area (Å²) in [6.45, 7) is 0.259. The van der Waals surface area contributed by atoms with Gasteiger partial charge in [0, 0.05) is 12.6 Å². The van der Waals surface area contributed by atoms with Crippen LogP contribution in [0.1, 0.15) is 24.8 Å². The van der Waals surface area contributed by atoms with Gasteiger partial charge in [0.25, 0.3) is 0 Å². The van der Waals surface area contributed by atoms with E-state index in [0.29, 0.717) is 5.56 Å². The third kappa shape index (κ3) is 3.77. The van der Waals surface area contributed by atoms with Crippen LogP contribution in [0.3, 0.4) is 0 Å². The number of carbonyl (C=O) groups is 2. The molecule has 0 saturated heterocycles. The fraction of sp³-hybridized carbons (Fsp3) is 0.429. The number of amides is 1. The Morgan fingerprint density at radius 1 is 1.45 bits per heavy atom. The second-order valence-corrected chi connectivity index (χ2v) is 5.03. The van der Waals surface area contributed by atoms with Gasteiger partial charge in [-0.25, -0.2) is 4.39 Å². The Bertz CT molecular complexity index is 517. The quantitative estimate of drug-likeness (QED) is 0.818. The zero-order chi connectivity index (χ0) is 14.7. The lowest BCUT2D eigenvalue weighted by Gasteiger charge is -2.25. The fourth-order valence-corrected chi connectivity index (χ4v) is 2.09. The molecule has 1 unspecified atom stereocenters. The van der Waals surface area contributed by atoms with Crippen molar-refractivity contribution in [1.29, 1.82) is 0 Å². The van der Waals surface area contributed by atoms with E-state index < -0.39 is 18.4 Å². The number of rotatable bonds is 6. The van der Waals surface area contributed by atoms with Crippen LogP contribution in [0.25, 0.3) is 0 Å². The molecule has 3 N–H and O–H groups in total. The van der Waals surface area contributed by atoms with Crippen molar-refractivity contribution >= 4 is 11.9 Å². The van der Waals surface area contributed by atoms with E-state index in [2.05, 4.69) is 0 Å². The van der Waals surface area contributed by atoms with E-state index >= 15 is 0 Å². The standard InChI is InChI=1S/C14H17FN2O3/c15-10-3-1-2-9(6-10)8-17(11-4-5-11)14(20)12(16)7-13(18)19/h1-3,6,11-12H,4-5,7-8,16H2,(H,18,19). The molecule has 2 rings (SSSR count). The summed E-state index contributed by atoms with van der Waals surface area (Å²) in [6, 6.07) is 5.05. The Labute approximate surface area is 116 Å². The second kappa shape index (κ2) is 6.00. The molecule has 108 valence electrons. The Morgan fingerprint density at radius 2 is 2.15 bits per heavy atom. The van der Waals surface area contributed by atoms with E-state index in [1.54, 1.807) is 17.0 Å². The van der Waals surface area contributed by atoms with Crippen molar-refractivity contribution in [2.75, 3.05) is 0 Å². The molecule has 1 aliphatic rings. The van der Waals surface area contributed by atoms with Crippen molar-refractivity contribution in [2.24, 2.45) is 5.73 Å². The molecule has 0 bridgehead atoms. The highest BCUT2D eigenvalue weighted by molar-refractivity contribution is 5.86. The maximum absolute atomic E-state index is 13.2. The average Bonchev–Trinajstić information content (AvgIpc) is 3.18. The molecule has 0 aliphatic heterocycles. The largest absolute Gasteiger partial charge is 0.481 e. The Kier molecular flexibility index (Phi) is 4.34. The number of nitrogens with zero attached hydrogens (tertiary/aromatic N) is 1. The molecule has 0 spiro atoms. The van der Waals surface area contributed by atoms with E-state index in [0.717, 1.165) is 12.8 Å². The molecule has 20 heavy (non-hydrogen) atoms. The highest BCUT2D eigenvalue weighted by Gasteiger charge is 2.35. The molecule has 1 amide bonds. The Balaban J connectivity index is 2.07. The lowest BCUT2D eigenvalue weighted by molar-refractivity contribution is -0.142. The first kappa shape index (κ1) is 14.5. The van der Waals surface area contributed by atoms with E-state index in [1.807, 2.05) is 0 Å². The summed E-state index contributed by atoms with van der Waals surface area (Å²) in [6.07, 6.45) is 1.35. The third-order valence-electron chi connectivity index (χ3n) is 3.22. The summed E-state index contributed by atoms with van der Waals surface area (Å²) in [5, 5.41) is 8.69. The normalized spacial score (nSPS) is 15.7. The average molecular weight is 280 g/mol. The number of hydrogen-bond acceptors (Lipinski definition) is 3. The lowest BCUT2D eigenvalue weighted by Crippen LogP contribution is -2.45. The van der Waals surface area contributed by atoms with Gasteiger partial charge in [0.1, 0.15) is 5.82 Å². The van der Waals surface area contributed by atoms with Gasteiger partial charge in [0.2, 0.25) is 5.91 Å². The molecule has 0 heterocycles. The summed E-state index contributed by atoms with van der Waals surface area (Å²) >= 11 is 0. The monoisotopic (exact) mass is 280 g/mol. The SMILES string of the molecule is NC(CC(=O)O)C(=O)N(Cc1cccc(F)c1)C1CC1. The number of carbonyl (C=O) groups excluding carboxylic acids is 1. The van der Waals surface area contributed by atoms with Crippen molar-refractivity contribution in [3.8, 4) is 0 Å². The first-order valence-corrected chi connectivity index (χ1v) is 6.49. The molecular formula is C14H17FN2O3. The van der Waals surface area contributed by atoms with Crippen LogP contribution in [0.15, 0.2) is 24.3 Å². The van der Waals surface area contributed by atoms with Gasteiger partial charge in [0.15, 0.2) is 0 Å². The summed E-state index contributed by atoms with van der Waals surface area (Å²) < 4.78 is 13.2. The fourth-order valence-electron chi connectivity index (χ4n) is 2.09. The molecule has 1 aromatic rings. The highest BCUT2D eigenvalue weighted by atomic mass is 19.1. The van der Waals surface area contributed by atoms with E-state index in [9.17, 15) is 14.0 Å². The molecule has 1 aliphatic carbocycles. The van der Waals surface area contributed by atoms with Gasteiger partial charge in [-0.2, -0.15) is 0 Å². The van der Waals surface area contributed by atoms with Crippen molar-refractivity contribution in [3.63, 3.8) is 0 Å². The van der Waals surface area contributed by atoms with Crippen molar-refractivity contribution in [2.45, 2.75) is 37.9 Å². The Hall–Kier alpha value is -1.95. The van der Waals surface area contributed by atoms with Gasteiger partial charge in [-0.05, 0) is 30.5 Å². The smallest absolute Gasteiger partial charge is 0.305 e. The molecule has 5 nitrogen and oxygen atoms in total. The summed E-state index contributed by atoms with van der Waals surface area (Å²) in [5.41, 5.74) is 6.30. The number of nitrogens with two attached hydrogens (primary N) is 1. The minimum atomic E-state index is -1.10. The Morgan fingerprint density at radius 3 is 2.70 bits per heavy atom. The molecule has 1 saturated carbocycles. The highest BCUT2D eigenvalue weighted by Crippen LogP contribution is 2.29. The summed E-state index contributed by atoms with van der Waals surface area (Å²) in [7, 11) is 0. The van der Waals surface area contributed by atoms with Gasteiger partial charge in [-0.1, -0.05) is 12.1 Å². The predicted octanol–water partition coefficient (Wildman–Crippen LogP) is 1.12.